The molecule has 0 fully saturated rings. The van der Waals surface area contributed by atoms with Crippen molar-refractivity contribution in [3.63, 3.8) is 0 Å². The number of anilines is 2. The minimum atomic E-state index is -0.0659. The summed E-state index contributed by atoms with van der Waals surface area (Å²) >= 11 is 0. The Bertz CT molecular complexity index is 604. The Morgan fingerprint density at radius 3 is 2.85 bits per heavy atom. The SMILES string of the molecule is CCn1nccc1CNc1cc(NC(C)=O)ccc1C. The summed E-state index contributed by atoms with van der Waals surface area (Å²) in [5.74, 6) is -0.0659. The number of aromatic nitrogens is 2. The molecule has 0 unspecified atom stereocenters. The smallest absolute Gasteiger partial charge is 0.221 e. The van der Waals surface area contributed by atoms with Crippen LogP contribution in [0.2, 0.25) is 0 Å². The highest BCUT2D eigenvalue weighted by atomic mass is 16.1. The zero-order valence-electron chi connectivity index (χ0n) is 12.1. The molecule has 0 aliphatic carbocycles. The Morgan fingerprint density at radius 2 is 2.15 bits per heavy atom. The van der Waals surface area contributed by atoms with Gasteiger partial charge < -0.3 is 10.6 Å². The van der Waals surface area contributed by atoms with E-state index in [-0.39, 0.29) is 5.91 Å². The van der Waals surface area contributed by atoms with Crippen molar-refractivity contribution in [2.45, 2.75) is 33.9 Å². The summed E-state index contributed by atoms with van der Waals surface area (Å²) in [5.41, 5.74) is 4.09. The topological polar surface area (TPSA) is 59.0 Å². The standard InChI is InChI=1S/C15H20N4O/c1-4-19-14(7-8-17-19)10-16-15-9-13(18-12(3)20)6-5-11(15)2/h5-9,16H,4,10H2,1-3H3,(H,18,20). The molecule has 5 nitrogen and oxygen atoms in total. The summed E-state index contributed by atoms with van der Waals surface area (Å²) in [7, 11) is 0. The molecule has 20 heavy (non-hydrogen) atoms. The summed E-state index contributed by atoms with van der Waals surface area (Å²) in [4.78, 5) is 11.1. The fourth-order valence-electron chi connectivity index (χ4n) is 2.07. The fourth-order valence-corrected chi connectivity index (χ4v) is 2.07. The Hall–Kier alpha value is -2.30. The van der Waals surface area contributed by atoms with Gasteiger partial charge in [-0.1, -0.05) is 6.07 Å². The molecule has 0 bridgehead atoms. The van der Waals surface area contributed by atoms with Crippen molar-refractivity contribution in [2.24, 2.45) is 0 Å². The second-order valence-electron chi connectivity index (χ2n) is 4.70. The molecule has 1 amide bonds. The zero-order valence-corrected chi connectivity index (χ0v) is 12.1. The fraction of sp³-hybridized carbons (Fsp3) is 0.333. The number of rotatable bonds is 5. The third-order valence-electron chi connectivity index (χ3n) is 3.12. The van der Waals surface area contributed by atoms with E-state index >= 15 is 0 Å². The number of nitrogens with one attached hydrogen (secondary N) is 2. The maximum absolute atomic E-state index is 11.1. The first-order valence-electron chi connectivity index (χ1n) is 6.73. The number of carbonyl (C=O) groups is 1. The van der Waals surface area contributed by atoms with Crippen molar-refractivity contribution in [1.29, 1.82) is 0 Å². The van der Waals surface area contributed by atoms with Crippen LogP contribution < -0.4 is 10.6 Å². The number of amides is 1. The van der Waals surface area contributed by atoms with Gasteiger partial charge in [-0.05, 0) is 37.6 Å². The van der Waals surface area contributed by atoms with E-state index in [1.807, 2.05) is 35.9 Å². The molecule has 0 spiro atoms. The molecule has 0 atom stereocenters. The predicted octanol–water partition coefficient (Wildman–Crippen LogP) is 2.78. The lowest BCUT2D eigenvalue weighted by molar-refractivity contribution is -0.114. The molecule has 0 saturated carbocycles. The maximum Gasteiger partial charge on any atom is 0.221 e. The van der Waals surface area contributed by atoms with E-state index in [2.05, 4.69) is 22.7 Å². The van der Waals surface area contributed by atoms with Crippen LogP contribution >= 0.6 is 0 Å². The molecular formula is C15H20N4O. The van der Waals surface area contributed by atoms with Gasteiger partial charge in [-0.25, -0.2) is 0 Å². The molecule has 0 aliphatic heterocycles. The largest absolute Gasteiger partial charge is 0.379 e. The normalized spacial score (nSPS) is 10.3. The summed E-state index contributed by atoms with van der Waals surface area (Å²) in [6.07, 6.45) is 1.81. The first-order valence-corrected chi connectivity index (χ1v) is 6.73. The minimum Gasteiger partial charge on any atom is -0.379 e. The quantitative estimate of drug-likeness (QED) is 0.880. The Kier molecular flexibility index (Phi) is 4.40. The van der Waals surface area contributed by atoms with E-state index in [0.717, 1.165) is 29.2 Å². The monoisotopic (exact) mass is 272 g/mol. The molecule has 2 aromatic rings. The minimum absolute atomic E-state index is 0.0659. The third kappa shape index (κ3) is 3.38. The highest BCUT2D eigenvalue weighted by Gasteiger charge is 2.04. The predicted molar refractivity (Wildman–Crippen MR) is 80.7 cm³/mol. The zero-order chi connectivity index (χ0) is 14.5. The third-order valence-corrected chi connectivity index (χ3v) is 3.12. The van der Waals surface area contributed by atoms with Crippen molar-refractivity contribution in [1.82, 2.24) is 9.78 Å². The second kappa shape index (κ2) is 6.23. The van der Waals surface area contributed by atoms with Gasteiger partial charge in [-0.3, -0.25) is 9.48 Å². The first-order chi connectivity index (χ1) is 9.60. The van der Waals surface area contributed by atoms with Crippen molar-refractivity contribution in [3.05, 3.63) is 41.7 Å². The average Bonchev–Trinajstić information content (AvgIpc) is 2.86. The number of benzene rings is 1. The molecule has 106 valence electrons. The van der Waals surface area contributed by atoms with Crippen LogP contribution in [-0.4, -0.2) is 15.7 Å². The molecule has 1 aromatic heterocycles. The lowest BCUT2D eigenvalue weighted by atomic mass is 10.1. The molecular weight excluding hydrogens is 252 g/mol. The van der Waals surface area contributed by atoms with Crippen LogP contribution in [0.25, 0.3) is 0 Å². The van der Waals surface area contributed by atoms with Crippen LogP contribution in [0.15, 0.2) is 30.5 Å². The molecule has 1 heterocycles. The number of aryl methyl sites for hydroxylation is 2. The number of hydrogen-bond acceptors (Lipinski definition) is 3. The van der Waals surface area contributed by atoms with Gasteiger partial charge in [-0.2, -0.15) is 5.10 Å². The lowest BCUT2D eigenvalue weighted by Gasteiger charge is -2.12. The summed E-state index contributed by atoms with van der Waals surface area (Å²) < 4.78 is 1.96. The maximum atomic E-state index is 11.1. The van der Waals surface area contributed by atoms with E-state index in [0.29, 0.717) is 6.54 Å². The highest BCUT2D eigenvalue weighted by Crippen LogP contribution is 2.21. The molecule has 0 saturated heterocycles. The summed E-state index contributed by atoms with van der Waals surface area (Å²) in [6, 6.07) is 7.84. The number of nitrogens with zero attached hydrogens (tertiary/aromatic N) is 2. The van der Waals surface area contributed by atoms with E-state index < -0.39 is 0 Å². The van der Waals surface area contributed by atoms with Crippen LogP contribution in [0.3, 0.4) is 0 Å². The Labute approximate surface area is 119 Å². The van der Waals surface area contributed by atoms with E-state index in [1.165, 1.54) is 6.92 Å². The first kappa shape index (κ1) is 14.1. The molecule has 0 aliphatic rings. The van der Waals surface area contributed by atoms with Gasteiger partial charge in [0.05, 0.1) is 12.2 Å². The van der Waals surface area contributed by atoms with Crippen molar-refractivity contribution in [2.75, 3.05) is 10.6 Å². The van der Waals surface area contributed by atoms with Crippen LogP contribution in [-0.2, 0) is 17.9 Å². The van der Waals surface area contributed by atoms with E-state index in [9.17, 15) is 4.79 Å². The van der Waals surface area contributed by atoms with Crippen LogP contribution in [0.4, 0.5) is 11.4 Å². The van der Waals surface area contributed by atoms with Gasteiger partial charge in [0.25, 0.3) is 0 Å². The second-order valence-corrected chi connectivity index (χ2v) is 4.70. The van der Waals surface area contributed by atoms with Crippen LogP contribution in [0.5, 0.6) is 0 Å². The van der Waals surface area contributed by atoms with Crippen LogP contribution in [0.1, 0.15) is 25.1 Å². The van der Waals surface area contributed by atoms with Gasteiger partial charge in [0, 0.05) is 31.0 Å². The van der Waals surface area contributed by atoms with Gasteiger partial charge in [-0.15, -0.1) is 0 Å². The van der Waals surface area contributed by atoms with Crippen molar-refractivity contribution < 1.29 is 4.79 Å². The molecule has 2 N–H and O–H groups in total. The van der Waals surface area contributed by atoms with Gasteiger partial charge in [0.15, 0.2) is 0 Å². The summed E-state index contributed by atoms with van der Waals surface area (Å²) in [5, 5.41) is 10.4. The highest BCUT2D eigenvalue weighted by molar-refractivity contribution is 5.89. The van der Waals surface area contributed by atoms with Crippen molar-refractivity contribution >= 4 is 17.3 Å². The molecule has 1 aromatic carbocycles. The Morgan fingerprint density at radius 1 is 1.35 bits per heavy atom. The Balaban J connectivity index is 2.10. The van der Waals surface area contributed by atoms with Gasteiger partial charge in [0.1, 0.15) is 0 Å². The molecule has 2 rings (SSSR count). The number of carbonyl (C=O) groups excluding carboxylic acids is 1. The van der Waals surface area contributed by atoms with Crippen molar-refractivity contribution in [3.8, 4) is 0 Å². The lowest BCUT2D eigenvalue weighted by Crippen LogP contribution is -2.09. The molecule has 5 heteroatoms. The van der Waals surface area contributed by atoms with Gasteiger partial charge >= 0.3 is 0 Å². The average molecular weight is 272 g/mol. The summed E-state index contributed by atoms with van der Waals surface area (Å²) in [6.45, 7) is 7.18. The van der Waals surface area contributed by atoms with E-state index in [4.69, 9.17) is 0 Å². The van der Waals surface area contributed by atoms with E-state index in [1.54, 1.807) is 6.20 Å². The van der Waals surface area contributed by atoms with Gasteiger partial charge in [0.2, 0.25) is 5.91 Å². The number of hydrogen-bond donors (Lipinski definition) is 2. The van der Waals surface area contributed by atoms with Crippen LogP contribution in [0, 0.1) is 6.92 Å². The molecule has 0 radical (unpaired) electrons.